The number of nitrogens with zero attached hydrogens (tertiary/aromatic N) is 2. The van der Waals surface area contributed by atoms with Gasteiger partial charge in [0.25, 0.3) is 11.8 Å². The van der Waals surface area contributed by atoms with E-state index in [4.69, 9.17) is 5.73 Å². The highest BCUT2D eigenvalue weighted by molar-refractivity contribution is 6.23. The van der Waals surface area contributed by atoms with Crippen LogP contribution in [0.25, 0.3) is 0 Å². The lowest BCUT2D eigenvalue weighted by atomic mass is 10.0. The molecule has 3 N–H and O–H groups in total. The molecule has 27 heavy (non-hydrogen) atoms. The van der Waals surface area contributed by atoms with Crippen LogP contribution in [0.4, 0.5) is 5.69 Å². The number of amides is 4. The number of imide groups is 2. The molecule has 4 rings (SSSR count). The van der Waals surface area contributed by atoms with Crippen LogP contribution in [0, 0.1) is 0 Å². The largest absolute Gasteiger partial charge is 0.371 e. The van der Waals surface area contributed by atoms with E-state index in [0.717, 1.165) is 36.5 Å². The number of anilines is 1. The molecule has 0 bridgehead atoms. The highest BCUT2D eigenvalue weighted by atomic mass is 35.5. The number of nitrogens with two attached hydrogens (primary N) is 1. The Morgan fingerprint density at radius 2 is 1.63 bits per heavy atom. The lowest BCUT2D eigenvalue weighted by molar-refractivity contribution is -0.136. The number of carbonyl (C=O) groups is 4. The molecule has 9 heteroatoms. The molecule has 0 saturated carbocycles. The number of halogens is 1. The molecule has 0 aliphatic carbocycles. The normalized spacial score (nSPS) is 23.2. The molecule has 144 valence electrons. The summed E-state index contributed by atoms with van der Waals surface area (Å²) in [4.78, 5) is 52.0. The van der Waals surface area contributed by atoms with Crippen LogP contribution in [0.5, 0.6) is 0 Å². The second-order valence-corrected chi connectivity index (χ2v) is 7.00. The van der Waals surface area contributed by atoms with Crippen molar-refractivity contribution in [2.24, 2.45) is 5.73 Å². The molecule has 4 amide bonds. The summed E-state index contributed by atoms with van der Waals surface area (Å²) in [6.07, 6.45) is 2.04. The summed E-state index contributed by atoms with van der Waals surface area (Å²) >= 11 is 0. The smallest absolute Gasteiger partial charge is 0.262 e. The van der Waals surface area contributed by atoms with E-state index in [-0.39, 0.29) is 37.2 Å². The van der Waals surface area contributed by atoms with Crippen LogP contribution in [-0.2, 0) is 9.59 Å². The quantitative estimate of drug-likeness (QED) is 0.706. The summed E-state index contributed by atoms with van der Waals surface area (Å²) in [7, 11) is 0. The van der Waals surface area contributed by atoms with Gasteiger partial charge in [0.05, 0.1) is 11.1 Å². The minimum Gasteiger partial charge on any atom is -0.371 e. The zero-order valence-corrected chi connectivity index (χ0v) is 15.5. The van der Waals surface area contributed by atoms with Gasteiger partial charge in [0.2, 0.25) is 11.8 Å². The Hall–Kier alpha value is -2.45. The third-order valence-corrected chi connectivity index (χ3v) is 5.33. The van der Waals surface area contributed by atoms with Crippen LogP contribution < -0.4 is 16.0 Å². The Labute approximate surface area is 162 Å². The number of piperidine rings is 2. The zero-order chi connectivity index (χ0) is 18.4. The van der Waals surface area contributed by atoms with Gasteiger partial charge in [-0.25, -0.2) is 0 Å². The van der Waals surface area contributed by atoms with Gasteiger partial charge < -0.3 is 10.6 Å². The fraction of sp³-hybridized carbons (Fsp3) is 0.444. The summed E-state index contributed by atoms with van der Waals surface area (Å²) in [5, 5.41) is 2.20. The zero-order valence-electron chi connectivity index (χ0n) is 14.6. The van der Waals surface area contributed by atoms with Crippen LogP contribution in [0.3, 0.4) is 0 Å². The molecular formula is C18H21ClN4O4. The van der Waals surface area contributed by atoms with Crippen molar-refractivity contribution >= 4 is 41.7 Å². The molecule has 2 fully saturated rings. The molecule has 1 aromatic carbocycles. The Morgan fingerprint density at radius 3 is 2.30 bits per heavy atom. The molecule has 2 saturated heterocycles. The third kappa shape index (κ3) is 3.30. The van der Waals surface area contributed by atoms with E-state index in [2.05, 4.69) is 10.2 Å². The number of hydrogen-bond acceptors (Lipinski definition) is 6. The van der Waals surface area contributed by atoms with Crippen molar-refractivity contribution in [2.75, 3.05) is 18.0 Å². The minimum absolute atomic E-state index is 0. The number of hydrogen-bond donors (Lipinski definition) is 2. The van der Waals surface area contributed by atoms with Crippen LogP contribution in [0.1, 0.15) is 46.4 Å². The van der Waals surface area contributed by atoms with Gasteiger partial charge in [-0.2, -0.15) is 0 Å². The molecule has 8 nitrogen and oxygen atoms in total. The summed E-state index contributed by atoms with van der Waals surface area (Å²) in [5.41, 5.74) is 7.43. The molecule has 1 aromatic rings. The summed E-state index contributed by atoms with van der Waals surface area (Å²) in [6.45, 7) is 1.61. The van der Waals surface area contributed by atoms with Gasteiger partial charge >= 0.3 is 0 Å². The topological polar surface area (TPSA) is 113 Å². The number of fused-ring (bicyclic) bond motifs is 1. The Balaban J connectivity index is 0.00000210. The second kappa shape index (κ2) is 7.28. The average molecular weight is 393 g/mol. The predicted octanol–water partition coefficient (Wildman–Crippen LogP) is 0.437. The predicted molar refractivity (Wildman–Crippen MR) is 99.8 cm³/mol. The van der Waals surface area contributed by atoms with E-state index < -0.39 is 23.8 Å². The highest BCUT2D eigenvalue weighted by Crippen LogP contribution is 2.31. The van der Waals surface area contributed by atoms with Crippen molar-refractivity contribution in [1.82, 2.24) is 10.2 Å². The lowest BCUT2D eigenvalue weighted by Gasteiger charge is -2.32. The maximum absolute atomic E-state index is 12.8. The Kier molecular flexibility index (Phi) is 5.21. The average Bonchev–Trinajstić information content (AvgIpc) is 2.87. The van der Waals surface area contributed by atoms with Crippen LogP contribution in [0.15, 0.2) is 18.2 Å². The van der Waals surface area contributed by atoms with Crippen molar-refractivity contribution in [1.29, 1.82) is 0 Å². The third-order valence-electron chi connectivity index (χ3n) is 5.33. The summed E-state index contributed by atoms with van der Waals surface area (Å²) in [6, 6.07) is 4.46. The van der Waals surface area contributed by atoms with Crippen molar-refractivity contribution < 1.29 is 19.2 Å². The minimum atomic E-state index is -0.934. The van der Waals surface area contributed by atoms with E-state index in [9.17, 15) is 19.2 Å². The number of nitrogens with one attached hydrogen (secondary N) is 1. The van der Waals surface area contributed by atoms with Crippen LogP contribution >= 0.6 is 12.4 Å². The first-order valence-electron chi connectivity index (χ1n) is 8.82. The van der Waals surface area contributed by atoms with E-state index >= 15 is 0 Å². The standard InChI is InChI=1S/C18H20N4O4.ClH/c19-10-5-7-21(8-6-10)11-1-2-12-13(9-11)18(26)22(17(12)25)14-3-4-15(23)20-16(14)24;/h1-2,9-10,14H,3-8,19H2,(H,20,23,24);1H. The molecule has 1 atom stereocenters. The maximum Gasteiger partial charge on any atom is 0.262 e. The van der Waals surface area contributed by atoms with Gasteiger partial charge in [0.15, 0.2) is 0 Å². The number of benzene rings is 1. The summed E-state index contributed by atoms with van der Waals surface area (Å²) in [5.74, 6) is -1.93. The van der Waals surface area contributed by atoms with Gasteiger partial charge in [-0.05, 0) is 37.5 Å². The van der Waals surface area contributed by atoms with Crippen molar-refractivity contribution in [2.45, 2.75) is 37.8 Å². The Morgan fingerprint density at radius 1 is 0.963 bits per heavy atom. The van der Waals surface area contributed by atoms with Gasteiger partial charge in [0.1, 0.15) is 6.04 Å². The van der Waals surface area contributed by atoms with E-state index in [1.165, 1.54) is 0 Å². The van der Waals surface area contributed by atoms with Gasteiger partial charge in [-0.15, -0.1) is 12.4 Å². The van der Waals surface area contributed by atoms with E-state index in [1.807, 2.05) is 6.07 Å². The maximum atomic E-state index is 12.8. The molecule has 3 heterocycles. The molecule has 1 unspecified atom stereocenters. The monoisotopic (exact) mass is 392 g/mol. The number of rotatable bonds is 2. The molecular weight excluding hydrogens is 372 g/mol. The molecule has 0 aromatic heterocycles. The van der Waals surface area contributed by atoms with Crippen molar-refractivity contribution in [3.8, 4) is 0 Å². The fourth-order valence-electron chi connectivity index (χ4n) is 3.81. The van der Waals surface area contributed by atoms with E-state index in [0.29, 0.717) is 11.1 Å². The second-order valence-electron chi connectivity index (χ2n) is 7.00. The van der Waals surface area contributed by atoms with Gasteiger partial charge in [-0.3, -0.25) is 29.4 Å². The summed E-state index contributed by atoms with van der Waals surface area (Å²) < 4.78 is 0. The first-order valence-corrected chi connectivity index (χ1v) is 8.82. The van der Waals surface area contributed by atoms with Gasteiger partial charge in [0, 0.05) is 31.2 Å². The van der Waals surface area contributed by atoms with Crippen LogP contribution in [0.2, 0.25) is 0 Å². The lowest BCUT2D eigenvalue weighted by Crippen LogP contribution is -2.54. The van der Waals surface area contributed by atoms with E-state index in [1.54, 1.807) is 12.1 Å². The molecule has 3 aliphatic heterocycles. The SMILES string of the molecule is Cl.NC1CCN(c2ccc3c(c2)C(=O)N(C2CCC(=O)NC2=O)C3=O)CC1. The van der Waals surface area contributed by atoms with Crippen LogP contribution in [-0.4, -0.2) is 53.7 Å². The molecule has 0 radical (unpaired) electrons. The van der Waals surface area contributed by atoms with Gasteiger partial charge in [-0.1, -0.05) is 0 Å². The highest BCUT2D eigenvalue weighted by Gasteiger charge is 2.44. The fourth-order valence-corrected chi connectivity index (χ4v) is 3.81. The first kappa shape index (κ1) is 19.3. The molecule has 0 spiro atoms. The number of carbonyl (C=O) groups excluding carboxylic acids is 4. The first-order chi connectivity index (χ1) is 12.5. The van der Waals surface area contributed by atoms with Crippen molar-refractivity contribution in [3.63, 3.8) is 0 Å². The Bertz CT molecular complexity index is 820. The molecule has 3 aliphatic rings. The van der Waals surface area contributed by atoms with Crippen molar-refractivity contribution in [3.05, 3.63) is 29.3 Å².